The van der Waals surface area contributed by atoms with Crippen molar-refractivity contribution in [2.75, 3.05) is 0 Å². The van der Waals surface area contributed by atoms with Crippen LogP contribution in [0.25, 0.3) is 0 Å². The van der Waals surface area contributed by atoms with Gasteiger partial charge >= 0.3 is 0 Å². The van der Waals surface area contributed by atoms with E-state index in [0.29, 0.717) is 15.4 Å². The summed E-state index contributed by atoms with van der Waals surface area (Å²) in [7, 11) is 0. The minimum Gasteiger partial charge on any atom is -0.389 e. The molecule has 0 amide bonds. The molecule has 2 aromatic carbocycles. The Hall–Kier alpha value is -1.39. The Morgan fingerprint density at radius 2 is 1.67 bits per heavy atom. The molecule has 94 valence electrons. The topological polar surface area (TPSA) is 20.2 Å². The maximum atomic E-state index is 13.8. The summed E-state index contributed by atoms with van der Waals surface area (Å²) >= 11 is 1.03. The molecule has 0 radical (unpaired) electrons. The molecule has 0 aliphatic rings. The van der Waals surface area contributed by atoms with Crippen molar-refractivity contribution >= 4 is 11.8 Å². The van der Waals surface area contributed by atoms with Crippen LogP contribution in [0.1, 0.15) is 18.6 Å². The van der Waals surface area contributed by atoms with Crippen molar-refractivity contribution in [1.82, 2.24) is 0 Å². The summed E-state index contributed by atoms with van der Waals surface area (Å²) in [4.78, 5) is 0.714. The lowest BCUT2D eigenvalue weighted by molar-refractivity contribution is 0.198. The van der Waals surface area contributed by atoms with Gasteiger partial charge in [-0.3, -0.25) is 0 Å². The number of aliphatic hydroxyl groups is 1. The van der Waals surface area contributed by atoms with Crippen LogP contribution >= 0.6 is 11.8 Å². The third-order valence-corrected chi connectivity index (χ3v) is 3.60. The van der Waals surface area contributed by atoms with Crippen LogP contribution in [-0.4, -0.2) is 5.11 Å². The predicted molar refractivity (Wildman–Crippen MR) is 67.6 cm³/mol. The third kappa shape index (κ3) is 2.89. The molecular weight excluding hydrogens is 254 g/mol. The van der Waals surface area contributed by atoms with Gasteiger partial charge in [-0.15, -0.1) is 0 Å². The molecule has 18 heavy (non-hydrogen) atoms. The first-order chi connectivity index (χ1) is 8.58. The Labute approximate surface area is 108 Å². The van der Waals surface area contributed by atoms with Gasteiger partial charge in [-0.05, 0) is 36.8 Å². The minimum absolute atomic E-state index is 0.338. The summed E-state index contributed by atoms with van der Waals surface area (Å²) < 4.78 is 27.2. The Morgan fingerprint density at radius 3 is 2.28 bits per heavy atom. The van der Waals surface area contributed by atoms with E-state index in [0.717, 1.165) is 11.8 Å². The highest BCUT2D eigenvalue weighted by molar-refractivity contribution is 7.99. The summed E-state index contributed by atoms with van der Waals surface area (Å²) in [5, 5.41) is 9.34. The van der Waals surface area contributed by atoms with Crippen molar-refractivity contribution in [3.05, 3.63) is 59.7 Å². The average Bonchev–Trinajstić information content (AvgIpc) is 2.34. The number of halogens is 2. The molecule has 0 saturated carbocycles. The summed E-state index contributed by atoms with van der Waals surface area (Å²) in [6, 6.07) is 10.7. The first kappa shape index (κ1) is 13.1. The molecule has 1 nitrogen and oxygen atoms in total. The van der Waals surface area contributed by atoms with Crippen molar-refractivity contribution in [3.63, 3.8) is 0 Å². The second-order valence-corrected chi connectivity index (χ2v) is 4.98. The maximum Gasteiger partial charge on any atom is 0.137 e. The van der Waals surface area contributed by atoms with E-state index in [1.807, 2.05) is 0 Å². The molecule has 0 saturated heterocycles. The van der Waals surface area contributed by atoms with Crippen LogP contribution < -0.4 is 0 Å². The van der Waals surface area contributed by atoms with E-state index < -0.39 is 11.9 Å². The third-order valence-electron chi connectivity index (χ3n) is 2.49. The van der Waals surface area contributed by atoms with E-state index in [1.54, 1.807) is 37.3 Å². The SMILES string of the molecule is C[C@H](O)c1ccc(Sc2ccccc2F)c(F)c1. The second-order valence-electron chi connectivity index (χ2n) is 3.90. The number of benzene rings is 2. The molecule has 0 aromatic heterocycles. The molecule has 1 atom stereocenters. The lowest BCUT2D eigenvalue weighted by atomic mass is 10.1. The van der Waals surface area contributed by atoms with Crippen molar-refractivity contribution in [1.29, 1.82) is 0 Å². The molecule has 0 heterocycles. The Morgan fingerprint density at radius 1 is 1.00 bits per heavy atom. The standard InChI is InChI=1S/C14H12F2OS/c1-9(17)10-6-7-14(12(16)8-10)18-13-5-3-2-4-11(13)15/h2-9,17H,1H3/t9-/m0/s1. The molecular formula is C14H12F2OS. The normalized spacial score (nSPS) is 12.4. The van der Waals surface area contributed by atoms with Crippen molar-refractivity contribution < 1.29 is 13.9 Å². The van der Waals surface area contributed by atoms with Crippen LogP contribution in [0, 0.1) is 11.6 Å². The van der Waals surface area contributed by atoms with Gasteiger partial charge in [0, 0.05) is 9.79 Å². The second kappa shape index (κ2) is 5.50. The molecule has 0 bridgehead atoms. The highest BCUT2D eigenvalue weighted by Crippen LogP contribution is 2.32. The van der Waals surface area contributed by atoms with Crippen LogP contribution in [0.3, 0.4) is 0 Å². The fraction of sp³-hybridized carbons (Fsp3) is 0.143. The van der Waals surface area contributed by atoms with Gasteiger partial charge in [-0.2, -0.15) is 0 Å². The Balaban J connectivity index is 2.28. The lowest BCUT2D eigenvalue weighted by Crippen LogP contribution is -1.93. The molecule has 1 N–H and O–H groups in total. The Bertz CT molecular complexity index is 555. The predicted octanol–water partition coefficient (Wildman–Crippen LogP) is 4.17. The monoisotopic (exact) mass is 266 g/mol. The van der Waals surface area contributed by atoms with E-state index in [-0.39, 0.29) is 5.82 Å². The van der Waals surface area contributed by atoms with Crippen LogP contribution in [0.5, 0.6) is 0 Å². The van der Waals surface area contributed by atoms with Crippen LogP contribution in [-0.2, 0) is 0 Å². The molecule has 0 spiro atoms. The first-order valence-corrected chi connectivity index (χ1v) is 6.29. The number of hydrogen-bond acceptors (Lipinski definition) is 2. The van der Waals surface area contributed by atoms with Gasteiger partial charge in [-0.1, -0.05) is 30.0 Å². The molecule has 0 unspecified atom stereocenters. The Kier molecular flexibility index (Phi) is 3.99. The van der Waals surface area contributed by atoms with E-state index in [2.05, 4.69) is 0 Å². The molecule has 4 heteroatoms. The van der Waals surface area contributed by atoms with Crippen LogP contribution in [0.15, 0.2) is 52.3 Å². The zero-order chi connectivity index (χ0) is 13.1. The molecule has 0 aliphatic carbocycles. The fourth-order valence-electron chi connectivity index (χ4n) is 1.51. The number of rotatable bonds is 3. The van der Waals surface area contributed by atoms with Crippen molar-refractivity contribution in [2.24, 2.45) is 0 Å². The zero-order valence-corrected chi connectivity index (χ0v) is 10.5. The van der Waals surface area contributed by atoms with Gasteiger partial charge in [0.1, 0.15) is 11.6 Å². The molecule has 2 aromatic rings. The quantitative estimate of drug-likeness (QED) is 0.899. The van der Waals surface area contributed by atoms with Gasteiger partial charge in [0.2, 0.25) is 0 Å². The summed E-state index contributed by atoms with van der Waals surface area (Å²) in [5.41, 5.74) is 0.505. The van der Waals surface area contributed by atoms with Crippen molar-refractivity contribution in [2.45, 2.75) is 22.8 Å². The average molecular weight is 266 g/mol. The van der Waals surface area contributed by atoms with E-state index in [9.17, 15) is 13.9 Å². The number of aliphatic hydroxyl groups excluding tert-OH is 1. The van der Waals surface area contributed by atoms with Gasteiger partial charge in [0.05, 0.1) is 6.10 Å². The maximum absolute atomic E-state index is 13.8. The summed E-state index contributed by atoms with van der Waals surface area (Å²) in [6.07, 6.45) is -0.716. The summed E-state index contributed by atoms with van der Waals surface area (Å²) in [6.45, 7) is 1.57. The molecule has 0 aliphatic heterocycles. The van der Waals surface area contributed by atoms with Gasteiger partial charge in [0.25, 0.3) is 0 Å². The van der Waals surface area contributed by atoms with E-state index in [4.69, 9.17) is 0 Å². The van der Waals surface area contributed by atoms with E-state index >= 15 is 0 Å². The molecule has 2 rings (SSSR count). The van der Waals surface area contributed by atoms with Crippen molar-refractivity contribution in [3.8, 4) is 0 Å². The number of hydrogen-bond donors (Lipinski definition) is 1. The zero-order valence-electron chi connectivity index (χ0n) is 9.73. The smallest absolute Gasteiger partial charge is 0.137 e. The minimum atomic E-state index is -0.716. The largest absolute Gasteiger partial charge is 0.389 e. The van der Waals surface area contributed by atoms with Gasteiger partial charge in [-0.25, -0.2) is 8.78 Å². The first-order valence-electron chi connectivity index (χ1n) is 5.48. The fourth-order valence-corrected chi connectivity index (χ4v) is 2.35. The van der Waals surface area contributed by atoms with Crippen LogP contribution in [0.2, 0.25) is 0 Å². The molecule has 0 fully saturated rings. The summed E-state index contributed by atoms with van der Waals surface area (Å²) in [5.74, 6) is -0.830. The highest BCUT2D eigenvalue weighted by atomic mass is 32.2. The van der Waals surface area contributed by atoms with Gasteiger partial charge < -0.3 is 5.11 Å². The van der Waals surface area contributed by atoms with E-state index in [1.165, 1.54) is 12.1 Å². The van der Waals surface area contributed by atoms with Gasteiger partial charge in [0.15, 0.2) is 0 Å². The lowest BCUT2D eigenvalue weighted by Gasteiger charge is -2.08. The van der Waals surface area contributed by atoms with Crippen LogP contribution in [0.4, 0.5) is 8.78 Å². The highest BCUT2D eigenvalue weighted by Gasteiger charge is 2.10.